The number of ether oxygens (including phenoxy) is 1. The van der Waals surface area contributed by atoms with Crippen molar-refractivity contribution in [2.24, 2.45) is 0 Å². The van der Waals surface area contributed by atoms with Crippen LogP contribution in [0.5, 0.6) is 0 Å². The van der Waals surface area contributed by atoms with Crippen LogP contribution < -0.4 is 5.32 Å². The van der Waals surface area contributed by atoms with Gasteiger partial charge in [-0.05, 0) is 18.4 Å². The van der Waals surface area contributed by atoms with E-state index in [1.165, 1.54) is 7.11 Å². The van der Waals surface area contributed by atoms with E-state index < -0.39 is 12.1 Å². The Labute approximate surface area is 125 Å². The monoisotopic (exact) mass is 293 g/mol. The van der Waals surface area contributed by atoms with E-state index in [0.29, 0.717) is 13.0 Å². The highest BCUT2D eigenvalue weighted by atomic mass is 16.5. The van der Waals surface area contributed by atoms with Crippen LogP contribution in [-0.4, -0.2) is 30.6 Å². The standard InChI is InChI=1S/C16H23NO4/c1-21-15(13-9-5-4-6-10-13)16(20)17-12-8-3-2-7-11-14(18)19/h4-6,9-10,15H,2-3,7-8,11-12H2,1H3,(H,17,20)(H,18,19). The predicted molar refractivity (Wildman–Crippen MR) is 79.9 cm³/mol. The van der Waals surface area contributed by atoms with Crippen molar-refractivity contribution >= 4 is 11.9 Å². The number of hydrogen-bond acceptors (Lipinski definition) is 3. The Balaban J connectivity index is 2.22. The molecule has 0 bridgehead atoms. The summed E-state index contributed by atoms with van der Waals surface area (Å²) < 4.78 is 5.24. The lowest BCUT2D eigenvalue weighted by Gasteiger charge is -2.15. The van der Waals surface area contributed by atoms with Crippen molar-refractivity contribution in [2.75, 3.05) is 13.7 Å². The smallest absolute Gasteiger partial charge is 0.303 e. The van der Waals surface area contributed by atoms with Crippen LogP contribution in [0.25, 0.3) is 0 Å². The van der Waals surface area contributed by atoms with Gasteiger partial charge in [-0.1, -0.05) is 43.2 Å². The van der Waals surface area contributed by atoms with Crippen LogP contribution >= 0.6 is 0 Å². The number of amides is 1. The zero-order valence-electron chi connectivity index (χ0n) is 12.4. The Bertz CT molecular complexity index is 433. The van der Waals surface area contributed by atoms with Crippen LogP contribution in [-0.2, 0) is 14.3 Å². The van der Waals surface area contributed by atoms with E-state index in [9.17, 15) is 9.59 Å². The van der Waals surface area contributed by atoms with Gasteiger partial charge in [0.05, 0.1) is 0 Å². The molecule has 2 N–H and O–H groups in total. The van der Waals surface area contributed by atoms with Crippen LogP contribution in [0.4, 0.5) is 0 Å². The maximum atomic E-state index is 12.0. The summed E-state index contributed by atoms with van der Waals surface area (Å²) in [6.45, 7) is 0.582. The second-order valence-electron chi connectivity index (χ2n) is 4.88. The second-order valence-corrected chi connectivity index (χ2v) is 4.88. The van der Waals surface area contributed by atoms with E-state index in [1.54, 1.807) is 0 Å². The zero-order valence-corrected chi connectivity index (χ0v) is 12.4. The predicted octanol–water partition coefficient (Wildman–Crippen LogP) is 2.53. The first-order valence-electron chi connectivity index (χ1n) is 7.22. The molecule has 0 heterocycles. The number of unbranched alkanes of at least 4 members (excludes halogenated alkanes) is 3. The average Bonchev–Trinajstić information content (AvgIpc) is 2.48. The number of carbonyl (C=O) groups excluding carboxylic acids is 1. The van der Waals surface area contributed by atoms with E-state index >= 15 is 0 Å². The molecule has 0 aliphatic heterocycles. The summed E-state index contributed by atoms with van der Waals surface area (Å²) in [4.78, 5) is 22.4. The molecule has 1 aromatic rings. The molecule has 0 radical (unpaired) electrons. The number of rotatable bonds is 10. The molecule has 0 fully saturated rings. The number of carboxylic acids is 1. The highest BCUT2D eigenvalue weighted by Crippen LogP contribution is 2.16. The molecule has 1 amide bonds. The van der Waals surface area contributed by atoms with Crippen molar-refractivity contribution < 1.29 is 19.4 Å². The molecule has 0 spiro atoms. The molecule has 116 valence electrons. The first-order chi connectivity index (χ1) is 10.1. The molecule has 5 nitrogen and oxygen atoms in total. The molecule has 0 saturated carbocycles. The quantitative estimate of drug-likeness (QED) is 0.650. The number of carbonyl (C=O) groups is 2. The van der Waals surface area contributed by atoms with Crippen LogP contribution in [0.1, 0.15) is 43.8 Å². The van der Waals surface area contributed by atoms with Gasteiger partial charge in [0, 0.05) is 20.1 Å². The number of methoxy groups -OCH3 is 1. The Morgan fingerprint density at radius 2 is 1.81 bits per heavy atom. The maximum Gasteiger partial charge on any atom is 0.303 e. The number of nitrogens with one attached hydrogen (secondary N) is 1. The van der Waals surface area contributed by atoms with E-state index in [-0.39, 0.29) is 12.3 Å². The summed E-state index contributed by atoms with van der Waals surface area (Å²) in [6.07, 6.45) is 2.94. The number of carboxylic acid groups (broad SMARTS) is 1. The van der Waals surface area contributed by atoms with Gasteiger partial charge in [0.1, 0.15) is 0 Å². The number of benzene rings is 1. The molecule has 0 aromatic heterocycles. The Hall–Kier alpha value is -1.88. The van der Waals surface area contributed by atoms with Crippen LogP contribution in [0.2, 0.25) is 0 Å². The maximum absolute atomic E-state index is 12.0. The minimum absolute atomic E-state index is 0.144. The van der Waals surface area contributed by atoms with Crippen molar-refractivity contribution in [3.05, 3.63) is 35.9 Å². The zero-order chi connectivity index (χ0) is 15.5. The van der Waals surface area contributed by atoms with Crippen LogP contribution in [0, 0.1) is 0 Å². The first kappa shape index (κ1) is 17.2. The minimum atomic E-state index is -0.755. The molecule has 0 aliphatic rings. The molecule has 5 heteroatoms. The van der Waals surface area contributed by atoms with Crippen LogP contribution in [0.3, 0.4) is 0 Å². The summed E-state index contributed by atoms with van der Waals surface area (Å²) >= 11 is 0. The molecule has 1 aromatic carbocycles. The van der Waals surface area contributed by atoms with E-state index in [1.807, 2.05) is 30.3 Å². The summed E-state index contributed by atoms with van der Waals surface area (Å²) in [5.74, 6) is -0.900. The molecule has 1 unspecified atom stereocenters. The molecule has 21 heavy (non-hydrogen) atoms. The third-order valence-electron chi connectivity index (χ3n) is 3.19. The molecule has 1 atom stereocenters. The highest BCUT2D eigenvalue weighted by Gasteiger charge is 2.18. The molecule has 0 aliphatic carbocycles. The lowest BCUT2D eigenvalue weighted by molar-refractivity contribution is -0.137. The second kappa shape index (κ2) is 9.94. The van der Waals surface area contributed by atoms with Gasteiger partial charge in [-0.3, -0.25) is 9.59 Å². The van der Waals surface area contributed by atoms with Gasteiger partial charge in [-0.25, -0.2) is 0 Å². The molecular weight excluding hydrogens is 270 g/mol. The summed E-state index contributed by atoms with van der Waals surface area (Å²) in [5, 5.41) is 11.4. The highest BCUT2D eigenvalue weighted by molar-refractivity contribution is 5.82. The van der Waals surface area contributed by atoms with Gasteiger partial charge < -0.3 is 15.2 Å². The minimum Gasteiger partial charge on any atom is -0.481 e. The van der Waals surface area contributed by atoms with Gasteiger partial charge >= 0.3 is 5.97 Å². The normalized spacial score (nSPS) is 11.9. The summed E-state index contributed by atoms with van der Waals surface area (Å²) in [7, 11) is 1.52. The van der Waals surface area contributed by atoms with Crippen molar-refractivity contribution in [3.8, 4) is 0 Å². The Morgan fingerprint density at radius 3 is 2.43 bits per heavy atom. The number of hydrogen-bond donors (Lipinski definition) is 2. The fourth-order valence-electron chi connectivity index (χ4n) is 2.08. The summed E-state index contributed by atoms with van der Waals surface area (Å²) in [6, 6.07) is 9.36. The van der Waals surface area contributed by atoms with E-state index in [4.69, 9.17) is 9.84 Å². The largest absolute Gasteiger partial charge is 0.481 e. The first-order valence-corrected chi connectivity index (χ1v) is 7.22. The SMILES string of the molecule is COC(C(=O)NCCCCCCC(=O)O)c1ccccc1. The lowest BCUT2D eigenvalue weighted by atomic mass is 10.1. The van der Waals surface area contributed by atoms with E-state index in [2.05, 4.69) is 5.32 Å². The van der Waals surface area contributed by atoms with Crippen molar-refractivity contribution in [2.45, 2.75) is 38.2 Å². The van der Waals surface area contributed by atoms with Gasteiger partial charge in [0.25, 0.3) is 5.91 Å². The van der Waals surface area contributed by atoms with Gasteiger partial charge in [-0.2, -0.15) is 0 Å². The fraction of sp³-hybridized carbons (Fsp3) is 0.500. The van der Waals surface area contributed by atoms with Crippen molar-refractivity contribution in [1.29, 1.82) is 0 Å². The molecule has 1 rings (SSSR count). The molecule has 0 saturated heterocycles. The van der Waals surface area contributed by atoms with Crippen molar-refractivity contribution in [3.63, 3.8) is 0 Å². The van der Waals surface area contributed by atoms with Crippen LogP contribution in [0.15, 0.2) is 30.3 Å². The van der Waals surface area contributed by atoms with Gasteiger partial charge in [-0.15, -0.1) is 0 Å². The molecular formula is C16H23NO4. The third kappa shape index (κ3) is 6.90. The topological polar surface area (TPSA) is 75.6 Å². The van der Waals surface area contributed by atoms with Gasteiger partial charge in [0.2, 0.25) is 0 Å². The number of aliphatic carboxylic acids is 1. The van der Waals surface area contributed by atoms with Crippen molar-refractivity contribution in [1.82, 2.24) is 5.32 Å². The summed E-state index contributed by atoms with van der Waals surface area (Å²) in [5.41, 5.74) is 0.832. The van der Waals surface area contributed by atoms with Gasteiger partial charge in [0.15, 0.2) is 6.10 Å². The fourth-order valence-corrected chi connectivity index (χ4v) is 2.08. The van der Waals surface area contributed by atoms with E-state index in [0.717, 1.165) is 24.8 Å². The average molecular weight is 293 g/mol. The Morgan fingerprint density at radius 1 is 1.14 bits per heavy atom. The third-order valence-corrected chi connectivity index (χ3v) is 3.19. The lowest BCUT2D eigenvalue weighted by Crippen LogP contribution is -2.31. The Kier molecular flexibility index (Phi) is 8.12.